The highest BCUT2D eigenvalue weighted by Gasteiger charge is 2.51. The third-order valence-corrected chi connectivity index (χ3v) is 5.10. The Morgan fingerprint density at radius 3 is 2.17 bits per heavy atom. The summed E-state index contributed by atoms with van der Waals surface area (Å²) in [4.78, 5) is 26.4. The van der Waals surface area contributed by atoms with Crippen LogP contribution in [0.15, 0.2) is 0 Å². The predicted molar refractivity (Wildman–Crippen MR) is 67.7 cm³/mol. The molecule has 1 saturated carbocycles. The molecule has 0 radical (unpaired) electrons. The Hall–Kier alpha value is -0.900. The van der Waals surface area contributed by atoms with Crippen molar-refractivity contribution in [2.45, 2.75) is 45.1 Å². The quantitative estimate of drug-likeness (QED) is 0.748. The van der Waals surface area contributed by atoms with Crippen LogP contribution >= 0.6 is 0 Å². The minimum atomic E-state index is 0.0154. The number of likely N-dealkylation sites (tertiary alicyclic amines) is 1. The fourth-order valence-electron chi connectivity index (χ4n) is 3.96. The van der Waals surface area contributed by atoms with Crippen LogP contribution in [0.5, 0.6) is 0 Å². The van der Waals surface area contributed by atoms with Gasteiger partial charge in [0.15, 0.2) is 0 Å². The van der Waals surface area contributed by atoms with Crippen molar-refractivity contribution in [2.24, 2.45) is 17.8 Å². The second kappa shape index (κ2) is 4.65. The van der Waals surface area contributed by atoms with Gasteiger partial charge in [0, 0.05) is 6.04 Å². The lowest BCUT2D eigenvalue weighted by atomic mass is 9.90. The van der Waals surface area contributed by atoms with Crippen molar-refractivity contribution in [1.29, 1.82) is 0 Å². The van der Waals surface area contributed by atoms with E-state index in [-0.39, 0.29) is 29.7 Å². The first-order valence-corrected chi connectivity index (χ1v) is 7.28. The molecular weight excluding hydrogens is 228 g/mol. The van der Waals surface area contributed by atoms with Crippen molar-refractivity contribution < 1.29 is 9.59 Å². The number of piperidine rings is 1. The number of imide groups is 1. The summed E-state index contributed by atoms with van der Waals surface area (Å²) in [5, 5.41) is 3.33. The zero-order valence-electron chi connectivity index (χ0n) is 11.0. The van der Waals surface area contributed by atoms with E-state index in [9.17, 15) is 9.59 Å². The monoisotopic (exact) mass is 250 g/mol. The van der Waals surface area contributed by atoms with E-state index < -0.39 is 0 Å². The van der Waals surface area contributed by atoms with Crippen molar-refractivity contribution in [3.8, 4) is 0 Å². The highest BCUT2D eigenvalue weighted by molar-refractivity contribution is 6.05. The van der Waals surface area contributed by atoms with Crippen LogP contribution in [0, 0.1) is 17.8 Å². The van der Waals surface area contributed by atoms with Gasteiger partial charge in [-0.1, -0.05) is 6.42 Å². The molecule has 0 bridgehead atoms. The van der Waals surface area contributed by atoms with Gasteiger partial charge in [0.05, 0.1) is 11.8 Å². The van der Waals surface area contributed by atoms with Gasteiger partial charge < -0.3 is 5.32 Å². The maximum Gasteiger partial charge on any atom is 0.233 e. The highest BCUT2D eigenvalue weighted by Crippen LogP contribution is 2.41. The number of hydrogen-bond donors (Lipinski definition) is 1. The standard InChI is InChI=1S/C14H22N2O2/c1-9(10-5-7-15-8-6-10)16-13(17)11-3-2-4-12(11)14(16)18/h9-12,15H,2-8H2,1H3. The number of nitrogens with zero attached hydrogens (tertiary/aromatic N) is 1. The van der Waals surface area contributed by atoms with Crippen LogP contribution in [0.25, 0.3) is 0 Å². The lowest BCUT2D eigenvalue weighted by molar-refractivity contribution is -0.144. The molecule has 0 aromatic rings. The Labute approximate surface area is 108 Å². The molecule has 100 valence electrons. The van der Waals surface area contributed by atoms with E-state index in [0.717, 1.165) is 45.2 Å². The predicted octanol–water partition coefficient (Wildman–Crippen LogP) is 1.16. The molecule has 3 rings (SSSR count). The maximum absolute atomic E-state index is 12.4. The van der Waals surface area contributed by atoms with Crippen molar-refractivity contribution in [2.75, 3.05) is 13.1 Å². The smallest absolute Gasteiger partial charge is 0.233 e. The average Bonchev–Trinajstić information content (AvgIpc) is 2.95. The van der Waals surface area contributed by atoms with E-state index in [1.54, 1.807) is 4.90 Å². The van der Waals surface area contributed by atoms with Crippen LogP contribution in [-0.4, -0.2) is 35.8 Å². The summed E-state index contributed by atoms with van der Waals surface area (Å²) in [6.07, 6.45) is 5.04. The van der Waals surface area contributed by atoms with Gasteiger partial charge in [-0.3, -0.25) is 14.5 Å². The minimum absolute atomic E-state index is 0.0154. The topological polar surface area (TPSA) is 49.4 Å². The lowest BCUT2D eigenvalue weighted by Crippen LogP contribution is -2.46. The third kappa shape index (κ3) is 1.78. The minimum Gasteiger partial charge on any atom is -0.317 e. The number of fused-ring (bicyclic) bond motifs is 1. The summed E-state index contributed by atoms with van der Waals surface area (Å²) in [6, 6.07) is 0.0951. The number of nitrogens with one attached hydrogen (secondary N) is 1. The van der Waals surface area contributed by atoms with Gasteiger partial charge in [-0.15, -0.1) is 0 Å². The summed E-state index contributed by atoms with van der Waals surface area (Å²) in [6.45, 7) is 4.09. The van der Waals surface area contributed by atoms with Crippen LogP contribution in [0.4, 0.5) is 0 Å². The third-order valence-electron chi connectivity index (χ3n) is 5.10. The van der Waals surface area contributed by atoms with Gasteiger partial charge in [-0.05, 0) is 51.6 Å². The molecule has 4 nitrogen and oxygen atoms in total. The molecular formula is C14H22N2O2. The first-order valence-electron chi connectivity index (χ1n) is 7.28. The molecule has 3 aliphatic rings. The van der Waals surface area contributed by atoms with Crippen molar-refractivity contribution in [3.63, 3.8) is 0 Å². The molecule has 2 heterocycles. The normalized spacial score (nSPS) is 35.1. The SMILES string of the molecule is CC(C1CCNCC1)N1C(=O)C2CCCC2C1=O. The van der Waals surface area contributed by atoms with Gasteiger partial charge in [0.1, 0.15) is 0 Å². The highest BCUT2D eigenvalue weighted by atomic mass is 16.2. The Kier molecular flexibility index (Phi) is 3.14. The molecule has 0 aromatic carbocycles. The van der Waals surface area contributed by atoms with E-state index >= 15 is 0 Å². The van der Waals surface area contributed by atoms with Crippen LogP contribution in [-0.2, 0) is 9.59 Å². The zero-order valence-corrected chi connectivity index (χ0v) is 11.0. The van der Waals surface area contributed by atoms with E-state index in [0.29, 0.717) is 5.92 Å². The Morgan fingerprint density at radius 1 is 1.06 bits per heavy atom. The molecule has 0 aromatic heterocycles. The molecule has 3 atom stereocenters. The zero-order chi connectivity index (χ0) is 12.7. The Balaban J connectivity index is 1.75. The van der Waals surface area contributed by atoms with Crippen LogP contribution in [0.3, 0.4) is 0 Å². The van der Waals surface area contributed by atoms with Crippen LogP contribution in [0.1, 0.15) is 39.0 Å². The van der Waals surface area contributed by atoms with Gasteiger partial charge in [0.2, 0.25) is 11.8 Å². The second-order valence-electron chi connectivity index (χ2n) is 6.02. The number of amides is 2. The first-order chi connectivity index (χ1) is 8.70. The van der Waals surface area contributed by atoms with Crippen molar-refractivity contribution >= 4 is 11.8 Å². The van der Waals surface area contributed by atoms with Crippen molar-refractivity contribution in [3.05, 3.63) is 0 Å². The molecule has 18 heavy (non-hydrogen) atoms. The van der Waals surface area contributed by atoms with Gasteiger partial charge >= 0.3 is 0 Å². The Morgan fingerprint density at radius 2 is 1.61 bits per heavy atom. The molecule has 2 aliphatic heterocycles. The van der Waals surface area contributed by atoms with Crippen molar-refractivity contribution in [1.82, 2.24) is 10.2 Å². The molecule has 2 amide bonds. The number of carbonyl (C=O) groups excluding carboxylic acids is 2. The molecule has 0 spiro atoms. The maximum atomic E-state index is 12.4. The molecule has 4 heteroatoms. The molecule has 1 aliphatic carbocycles. The number of carbonyl (C=O) groups is 2. The summed E-state index contributed by atoms with van der Waals surface area (Å²) < 4.78 is 0. The van der Waals surface area contributed by atoms with E-state index in [4.69, 9.17) is 0 Å². The van der Waals surface area contributed by atoms with Gasteiger partial charge in [0.25, 0.3) is 0 Å². The lowest BCUT2D eigenvalue weighted by Gasteiger charge is -2.33. The second-order valence-corrected chi connectivity index (χ2v) is 6.02. The average molecular weight is 250 g/mol. The largest absolute Gasteiger partial charge is 0.317 e. The fraction of sp³-hybridized carbons (Fsp3) is 0.857. The summed E-state index contributed by atoms with van der Waals surface area (Å²) in [5.74, 6) is 0.753. The first kappa shape index (κ1) is 12.2. The van der Waals surface area contributed by atoms with Crippen LogP contribution in [0.2, 0.25) is 0 Å². The summed E-state index contributed by atoms with van der Waals surface area (Å²) in [7, 11) is 0. The molecule has 1 N–H and O–H groups in total. The Bertz CT molecular complexity index is 341. The summed E-state index contributed by atoms with van der Waals surface area (Å²) in [5.41, 5.74) is 0. The van der Waals surface area contributed by atoms with Gasteiger partial charge in [-0.25, -0.2) is 0 Å². The summed E-state index contributed by atoms with van der Waals surface area (Å²) >= 11 is 0. The number of rotatable bonds is 2. The molecule has 2 saturated heterocycles. The van der Waals surface area contributed by atoms with E-state index in [2.05, 4.69) is 12.2 Å². The van der Waals surface area contributed by atoms with Crippen LogP contribution < -0.4 is 5.32 Å². The number of hydrogen-bond acceptors (Lipinski definition) is 3. The fourth-order valence-corrected chi connectivity index (χ4v) is 3.96. The van der Waals surface area contributed by atoms with E-state index in [1.165, 1.54) is 0 Å². The van der Waals surface area contributed by atoms with Gasteiger partial charge in [-0.2, -0.15) is 0 Å². The molecule has 3 unspecified atom stereocenters. The molecule has 3 fully saturated rings. The van der Waals surface area contributed by atoms with E-state index in [1.807, 2.05) is 0 Å².